The molecule has 0 saturated carbocycles. The largest absolute Gasteiger partial charge is 0.481 e. The fraction of sp³-hybridized carbons (Fsp3) is 0.462. The molecule has 0 amide bonds. The van der Waals surface area contributed by atoms with Crippen LogP contribution < -0.4 is 0 Å². The number of rotatable bonds is 6. The minimum Gasteiger partial charge on any atom is -0.481 e. The van der Waals surface area contributed by atoms with Gasteiger partial charge in [0.2, 0.25) is 0 Å². The van der Waals surface area contributed by atoms with Crippen molar-refractivity contribution in [2.24, 2.45) is 0 Å². The Kier molecular flexibility index (Phi) is 5.39. The SMILES string of the molecule is CCC(CC)Sc1ccc(CC(=O)O)cc1. The molecule has 0 aliphatic rings. The van der Waals surface area contributed by atoms with E-state index in [1.165, 1.54) is 4.90 Å². The molecule has 2 nitrogen and oxygen atoms in total. The lowest BCUT2D eigenvalue weighted by Crippen LogP contribution is -2.00. The predicted octanol–water partition coefficient (Wildman–Crippen LogP) is 3.59. The summed E-state index contributed by atoms with van der Waals surface area (Å²) in [6, 6.07) is 7.83. The van der Waals surface area contributed by atoms with Crippen LogP contribution in [0.1, 0.15) is 32.3 Å². The third kappa shape index (κ3) is 4.27. The fourth-order valence-electron chi connectivity index (χ4n) is 1.51. The van der Waals surface area contributed by atoms with Crippen LogP contribution in [-0.4, -0.2) is 16.3 Å². The van der Waals surface area contributed by atoms with E-state index < -0.39 is 5.97 Å². The Morgan fingerprint density at radius 3 is 2.25 bits per heavy atom. The summed E-state index contributed by atoms with van der Waals surface area (Å²) in [5, 5.41) is 9.31. The van der Waals surface area contributed by atoms with Gasteiger partial charge in [-0.05, 0) is 30.5 Å². The first-order valence-electron chi connectivity index (χ1n) is 5.63. The molecule has 0 aliphatic carbocycles. The molecule has 88 valence electrons. The van der Waals surface area contributed by atoms with Gasteiger partial charge in [-0.25, -0.2) is 0 Å². The van der Waals surface area contributed by atoms with Crippen LogP contribution in [0.2, 0.25) is 0 Å². The van der Waals surface area contributed by atoms with Crippen LogP contribution in [0, 0.1) is 0 Å². The highest BCUT2D eigenvalue weighted by Crippen LogP contribution is 2.27. The highest BCUT2D eigenvalue weighted by molar-refractivity contribution is 8.00. The van der Waals surface area contributed by atoms with Crippen molar-refractivity contribution in [1.82, 2.24) is 0 Å². The van der Waals surface area contributed by atoms with Gasteiger partial charge in [0.25, 0.3) is 0 Å². The van der Waals surface area contributed by atoms with Crippen LogP contribution in [0.15, 0.2) is 29.2 Å². The molecule has 0 spiro atoms. The molecular weight excluding hydrogens is 220 g/mol. The maximum atomic E-state index is 10.5. The average Bonchev–Trinajstić information content (AvgIpc) is 2.27. The van der Waals surface area contributed by atoms with Gasteiger partial charge in [-0.3, -0.25) is 4.79 Å². The maximum Gasteiger partial charge on any atom is 0.307 e. The van der Waals surface area contributed by atoms with Gasteiger partial charge in [0.1, 0.15) is 0 Å². The van der Waals surface area contributed by atoms with Crippen LogP contribution >= 0.6 is 11.8 Å². The van der Waals surface area contributed by atoms with Crippen molar-refractivity contribution in [3.8, 4) is 0 Å². The summed E-state index contributed by atoms with van der Waals surface area (Å²) < 4.78 is 0. The second kappa shape index (κ2) is 6.59. The predicted molar refractivity (Wildman–Crippen MR) is 68.0 cm³/mol. The monoisotopic (exact) mass is 238 g/mol. The van der Waals surface area contributed by atoms with Crippen LogP contribution in [0.5, 0.6) is 0 Å². The number of benzene rings is 1. The first kappa shape index (κ1) is 13.1. The Morgan fingerprint density at radius 1 is 1.25 bits per heavy atom. The maximum absolute atomic E-state index is 10.5. The van der Waals surface area contributed by atoms with E-state index in [0.29, 0.717) is 5.25 Å². The molecule has 1 rings (SSSR count). The molecule has 1 aromatic rings. The summed E-state index contributed by atoms with van der Waals surface area (Å²) >= 11 is 1.87. The highest BCUT2D eigenvalue weighted by Gasteiger charge is 2.06. The van der Waals surface area contributed by atoms with E-state index >= 15 is 0 Å². The van der Waals surface area contributed by atoms with Crippen LogP contribution in [-0.2, 0) is 11.2 Å². The Bertz CT molecular complexity index is 328. The minimum atomic E-state index is -0.777. The van der Waals surface area contributed by atoms with E-state index in [9.17, 15) is 4.79 Å². The van der Waals surface area contributed by atoms with Crippen molar-refractivity contribution in [2.45, 2.75) is 43.3 Å². The zero-order valence-corrected chi connectivity index (χ0v) is 10.6. The summed E-state index contributed by atoms with van der Waals surface area (Å²) in [5.41, 5.74) is 0.862. The van der Waals surface area contributed by atoms with E-state index in [1.54, 1.807) is 0 Å². The van der Waals surface area contributed by atoms with Gasteiger partial charge < -0.3 is 5.11 Å². The quantitative estimate of drug-likeness (QED) is 0.769. The third-order valence-corrected chi connectivity index (χ3v) is 4.04. The summed E-state index contributed by atoms with van der Waals surface area (Å²) in [7, 11) is 0. The summed E-state index contributed by atoms with van der Waals surface area (Å²) in [4.78, 5) is 11.7. The van der Waals surface area contributed by atoms with Crippen LogP contribution in [0.3, 0.4) is 0 Å². The second-order valence-electron chi connectivity index (χ2n) is 3.77. The Morgan fingerprint density at radius 2 is 1.81 bits per heavy atom. The van der Waals surface area contributed by atoms with E-state index in [0.717, 1.165) is 18.4 Å². The number of carbonyl (C=O) groups is 1. The number of carboxylic acid groups (broad SMARTS) is 1. The molecule has 0 atom stereocenters. The van der Waals surface area contributed by atoms with Crippen molar-refractivity contribution < 1.29 is 9.90 Å². The number of thioether (sulfide) groups is 1. The van der Waals surface area contributed by atoms with Crippen LogP contribution in [0.25, 0.3) is 0 Å². The van der Waals surface area contributed by atoms with Gasteiger partial charge in [-0.1, -0.05) is 26.0 Å². The first-order valence-corrected chi connectivity index (χ1v) is 6.51. The average molecular weight is 238 g/mol. The van der Waals surface area contributed by atoms with Gasteiger partial charge in [-0.2, -0.15) is 0 Å². The van der Waals surface area contributed by atoms with Gasteiger partial charge in [-0.15, -0.1) is 11.8 Å². The molecule has 3 heteroatoms. The van der Waals surface area contributed by atoms with E-state index in [2.05, 4.69) is 13.8 Å². The van der Waals surface area contributed by atoms with Crippen molar-refractivity contribution in [2.75, 3.05) is 0 Å². The van der Waals surface area contributed by atoms with E-state index in [-0.39, 0.29) is 6.42 Å². The molecule has 0 aliphatic heterocycles. The lowest BCUT2D eigenvalue weighted by atomic mass is 10.2. The molecule has 0 unspecified atom stereocenters. The van der Waals surface area contributed by atoms with Crippen molar-refractivity contribution in [1.29, 1.82) is 0 Å². The lowest BCUT2D eigenvalue weighted by molar-refractivity contribution is -0.136. The number of carboxylic acids is 1. The van der Waals surface area contributed by atoms with Gasteiger partial charge in [0, 0.05) is 10.1 Å². The Balaban J connectivity index is 2.60. The van der Waals surface area contributed by atoms with E-state index in [4.69, 9.17) is 5.11 Å². The summed E-state index contributed by atoms with van der Waals surface area (Å²) in [6.07, 6.45) is 2.44. The molecule has 0 radical (unpaired) electrons. The lowest BCUT2D eigenvalue weighted by Gasteiger charge is -2.11. The van der Waals surface area contributed by atoms with Crippen molar-refractivity contribution in [3.63, 3.8) is 0 Å². The first-order chi connectivity index (χ1) is 7.65. The molecule has 0 heterocycles. The Hall–Kier alpha value is -0.960. The zero-order valence-electron chi connectivity index (χ0n) is 9.77. The molecule has 0 saturated heterocycles. The van der Waals surface area contributed by atoms with Gasteiger partial charge in [0.15, 0.2) is 0 Å². The summed E-state index contributed by atoms with van der Waals surface area (Å²) in [5.74, 6) is -0.777. The summed E-state index contributed by atoms with van der Waals surface area (Å²) in [6.45, 7) is 4.39. The standard InChI is InChI=1S/C13H18O2S/c1-3-11(4-2)16-12-7-5-10(6-8-12)9-13(14)15/h5-8,11H,3-4,9H2,1-2H3,(H,14,15). The second-order valence-corrected chi connectivity index (χ2v) is 5.14. The van der Waals surface area contributed by atoms with Gasteiger partial charge in [0.05, 0.1) is 6.42 Å². The number of hydrogen-bond acceptors (Lipinski definition) is 2. The minimum absolute atomic E-state index is 0.107. The number of aliphatic carboxylic acids is 1. The van der Waals surface area contributed by atoms with Crippen LogP contribution in [0.4, 0.5) is 0 Å². The van der Waals surface area contributed by atoms with Crippen molar-refractivity contribution in [3.05, 3.63) is 29.8 Å². The molecular formula is C13H18O2S. The molecule has 0 bridgehead atoms. The topological polar surface area (TPSA) is 37.3 Å². The van der Waals surface area contributed by atoms with E-state index in [1.807, 2.05) is 36.0 Å². The molecule has 16 heavy (non-hydrogen) atoms. The normalized spacial score (nSPS) is 10.7. The highest BCUT2D eigenvalue weighted by atomic mass is 32.2. The van der Waals surface area contributed by atoms with Gasteiger partial charge >= 0.3 is 5.97 Å². The zero-order chi connectivity index (χ0) is 12.0. The van der Waals surface area contributed by atoms with Crippen molar-refractivity contribution >= 4 is 17.7 Å². The molecule has 1 N–H and O–H groups in total. The fourth-order valence-corrected chi connectivity index (χ4v) is 2.52. The molecule has 1 aromatic carbocycles. The third-order valence-electron chi connectivity index (χ3n) is 2.49. The smallest absolute Gasteiger partial charge is 0.307 e. The molecule has 0 fully saturated rings. The number of hydrogen-bond donors (Lipinski definition) is 1. The Labute approximate surface area is 101 Å². The molecule has 0 aromatic heterocycles.